The standard InChI is InChI=1S/C2ClF3O.HI/c3-1(7)2(4,5)6;/h;1H. The number of carbonyl (C=O) groups excluding carboxylic acids is 1. The van der Waals surface area contributed by atoms with E-state index in [-0.39, 0.29) is 24.0 Å². The van der Waals surface area contributed by atoms with Crippen LogP contribution in [0, 0.1) is 0 Å². The molecule has 0 aliphatic rings. The van der Waals surface area contributed by atoms with Gasteiger partial charge in [0.2, 0.25) is 0 Å². The fourth-order valence-electron chi connectivity index (χ4n) is 0. The van der Waals surface area contributed by atoms with Crippen molar-refractivity contribution in [3.05, 3.63) is 0 Å². The Labute approximate surface area is 65.2 Å². The normalized spacial score (nSPS) is 10.0. The van der Waals surface area contributed by atoms with E-state index in [0.717, 1.165) is 0 Å². The molecule has 50 valence electrons. The average molecular weight is 260 g/mol. The molecule has 0 aliphatic carbocycles. The average Bonchev–Trinajstić information content (AvgIpc) is 1.31. The molecular formula is C2HClF3IO. The summed E-state index contributed by atoms with van der Waals surface area (Å²) in [6, 6.07) is 0. The van der Waals surface area contributed by atoms with Gasteiger partial charge in [0.15, 0.2) is 0 Å². The second kappa shape index (κ2) is 3.49. The summed E-state index contributed by atoms with van der Waals surface area (Å²) in [5.74, 6) is 0. The Balaban J connectivity index is 0. The fraction of sp³-hybridized carbons (Fsp3) is 0.500. The van der Waals surface area contributed by atoms with Crippen LogP contribution in [0.4, 0.5) is 13.2 Å². The van der Waals surface area contributed by atoms with E-state index in [2.05, 4.69) is 11.6 Å². The maximum absolute atomic E-state index is 10.7. The summed E-state index contributed by atoms with van der Waals surface area (Å²) in [4.78, 5) is 9.11. The molecule has 0 aromatic rings. The highest BCUT2D eigenvalue weighted by atomic mass is 127. The lowest BCUT2D eigenvalue weighted by molar-refractivity contribution is -0.161. The SMILES string of the molecule is I.O=C(Cl)C(F)(F)F. The van der Waals surface area contributed by atoms with Gasteiger partial charge in [0.05, 0.1) is 0 Å². The molecule has 0 bridgehead atoms. The summed E-state index contributed by atoms with van der Waals surface area (Å²) < 4.78 is 32.1. The van der Waals surface area contributed by atoms with Crippen molar-refractivity contribution < 1.29 is 18.0 Å². The summed E-state index contributed by atoms with van der Waals surface area (Å²) in [7, 11) is 0. The van der Waals surface area contributed by atoms with E-state index in [4.69, 9.17) is 4.79 Å². The molecule has 0 N–H and O–H groups in total. The predicted molar refractivity (Wildman–Crippen MR) is 32.3 cm³/mol. The summed E-state index contributed by atoms with van der Waals surface area (Å²) in [6.45, 7) is 0. The van der Waals surface area contributed by atoms with Crippen LogP contribution in [0.15, 0.2) is 0 Å². The number of rotatable bonds is 0. The molecule has 0 aliphatic heterocycles. The Morgan fingerprint density at radius 1 is 1.38 bits per heavy atom. The van der Waals surface area contributed by atoms with Gasteiger partial charge in [0.25, 0.3) is 0 Å². The molecule has 0 fully saturated rings. The van der Waals surface area contributed by atoms with Crippen LogP contribution in [0.5, 0.6) is 0 Å². The summed E-state index contributed by atoms with van der Waals surface area (Å²) >= 11 is 3.99. The third-order valence-electron chi connectivity index (χ3n) is 0.223. The zero-order chi connectivity index (χ0) is 6.08. The van der Waals surface area contributed by atoms with Crippen molar-refractivity contribution >= 4 is 40.8 Å². The van der Waals surface area contributed by atoms with Gasteiger partial charge < -0.3 is 0 Å². The molecule has 0 rings (SSSR count). The topological polar surface area (TPSA) is 17.1 Å². The highest BCUT2D eigenvalue weighted by Gasteiger charge is 2.36. The zero-order valence-corrected chi connectivity index (χ0v) is 6.41. The van der Waals surface area contributed by atoms with E-state index in [9.17, 15) is 13.2 Å². The minimum atomic E-state index is -4.87. The Morgan fingerprint density at radius 3 is 1.50 bits per heavy atom. The van der Waals surface area contributed by atoms with Crippen molar-refractivity contribution in [3.63, 3.8) is 0 Å². The molecule has 0 aromatic heterocycles. The van der Waals surface area contributed by atoms with Crippen LogP contribution >= 0.6 is 35.6 Å². The van der Waals surface area contributed by atoms with Gasteiger partial charge >= 0.3 is 11.4 Å². The van der Waals surface area contributed by atoms with Gasteiger partial charge in [-0.1, -0.05) is 0 Å². The van der Waals surface area contributed by atoms with Crippen LogP contribution in [0.1, 0.15) is 0 Å². The Hall–Kier alpha value is 0.480. The maximum Gasteiger partial charge on any atom is 0.466 e. The minimum absolute atomic E-state index is 0. The van der Waals surface area contributed by atoms with Crippen LogP contribution < -0.4 is 0 Å². The van der Waals surface area contributed by atoms with Crippen LogP contribution in [0.25, 0.3) is 0 Å². The molecule has 8 heavy (non-hydrogen) atoms. The van der Waals surface area contributed by atoms with Crippen LogP contribution in [0.2, 0.25) is 0 Å². The predicted octanol–water partition coefficient (Wildman–Crippen LogP) is 1.93. The number of alkyl halides is 3. The Bertz CT molecular complexity index is 89.8. The summed E-state index contributed by atoms with van der Waals surface area (Å²) in [6.07, 6.45) is -4.87. The highest BCUT2D eigenvalue weighted by molar-refractivity contribution is 14.0. The second-order valence-corrected chi connectivity index (χ2v) is 1.11. The minimum Gasteiger partial charge on any atom is -0.271 e. The van der Waals surface area contributed by atoms with Crippen molar-refractivity contribution in [3.8, 4) is 0 Å². The molecule has 6 heteroatoms. The van der Waals surface area contributed by atoms with Crippen LogP contribution in [-0.4, -0.2) is 11.4 Å². The molecule has 0 heterocycles. The molecule has 0 saturated heterocycles. The maximum atomic E-state index is 10.7. The van der Waals surface area contributed by atoms with Crippen molar-refractivity contribution in [2.24, 2.45) is 0 Å². The van der Waals surface area contributed by atoms with Crippen molar-refractivity contribution in [1.82, 2.24) is 0 Å². The lowest BCUT2D eigenvalue weighted by Gasteiger charge is -1.93. The van der Waals surface area contributed by atoms with E-state index < -0.39 is 11.4 Å². The van der Waals surface area contributed by atoms with Gasteiger partial charge in [0, 0.05) is 0 Å². The zero-order valence-electron chi connectivity index (χ0n) is 3.33. The first-order valence-corrected chi connectivity index (χ1v) is 1.59. The van der Waals surface area contributed by atoms with E-state index in [1.807, 2.05) is 0 Å². The van der Waals surface area contributed by atoms with Gasteiger partial charge in [-0.3, -0.25) is 4.79 Å². The van der Waals surface area contributed by atoms with Crippen LogP contribution in [0.3, 0.4) is 0 Å². The first-order chi connectivity index (χ1) is 2.94. The molecule has 0 aromatic carbocycles. The quantitative estimate of drug-likeness (QED) is 0.480. The molecule has 0 unspecified atom stereocenters. The third-order valence-corrected chi connectivity index (χ3v) is 0.437. The van der Waals surface area contributed by atoms with Crippen molar-refractivity contribution in [2.75, 3.05) is 0 Å². The van der Waals surface area contributed by atoms with Gasteiger partial charge in [-0.15, -0.1) is 24.0 Å². The number of carbonyl (C=O) groups is 1. The van der Waals surface area contributed by atoms with E-state index in [1.165, 1.54) is 0 Å². The van der Waals surface area contributed by atoms with Gasteiger partial charge in [0.1, 0.15) is 0 Å². The number of halogens is 5. The summed E-state index contributed by atoms with van der Waals surface area (Å²) in [5, 5.41) is -2.28. The lowest BCUT2D eigenvalue weighted by atomic mass is 10.8. The largest absolute Gasteiger partial charge is 0.466 e. The second-order valence-electron chi connectivity index (χ2n) is 0.771. The molecule has 0 amide bonds. The Kier molecular flexibility index (Phi) is 4.94. The molecule has 1 nitrogen and oxygen atoms in total. The molecule has 0 atom stereocenters. The lowest BCUT2D eigenvalue weighted by Crippen LogP contribution is -2.15. The molecule has 0 radical (unpaired) electrons. The number of hydrogen-bond donors (Lipinski definition) is 0. The fourth-order valence-corrected chi connectivity index (χ4v) is 0. The third kappa shape index (κ3) is 4.63. The molecule has 0 spiro atoms. The molecule has 0 saturated carbocycles. The van der Waals surface area contributed by atoms with E-state index >= 15 is 0 Å². The highest BCUT2D eigenvalue weighted by Crippen LogP contribution is 2.17. The molecular weight excluding hydrogens is 259 g/mol. The smallest absolute Gasteiger partial charge is 0.271 e. The van der Waals surface area contributed by atoms with E-state index in [0.29, 0.717) is 0 Å². The van der Waals surface area contributed by atoms with Crippen molar-refractivity contribution in [2.45, 2.75) is 6.18 Å². The first kappa shape index (κ1) is 11.3. The van der Waals surface area contributed by atoms with E-state index in [1.54, 1.807) is 0 Å². The van der Waals surface area contributed by atoms with Gasteiger partial charge in [-0.2, -0.15) is 13.2 Å². The summed E-state index contributed by atoms with van der Waals surface area (Å²) in [5.41, 5.74) is 0. The first-order valence-electron chi connectivity index (χ1n) is 1.21. The Morgan fingerprint density at radius 2 is 1.50 bits per heavy atom. The number of hydrogen-bond acceptors (Lipinski definition) is 1. The monoisotopic (exact) mass is 260 g/mol. The van der Waals surface area contributed by atoms with Crippen LogP contribution in [-0.2, 0) is 4.79 Å². The van der Waals surface area contributed by atoms with Crippen molar-refractivity contribution in [1.29, 1.82) is 0 Å². The van der Waals surface area contributed by atoms with Gasteiger partial charge in [-0.25, -0.2) is 0 Å². The van der Waals surface area contributed by atoms with Gasteiger partial charge in [-0.05, 0) is 11.6 Å².